The Morgan fingerprint density at radius 2 is 1.68 bits per heavy atom. The van der Waals surface area contributed by atoms with E-state index < -0.39 is 17.9 Å². The molecule has 5 atom stereocenters. The number of aromatic carboxylic acids is 1. The number of rotatable bonds is 22. The number of carboxylic acids is 1. The van der Waals surface area contributed by atoms with Crippen LogP contribution in [0.4, 0.5) is 10.9 Å². The fourth-order valence-electron chi connectivity index (χ4n) is 16.9. The zero-order chi connectivity index (χ0) is 61.0. The Morgan fingerprint density at radius 3 is 2.46 bits per heavy atom. The zero-order valence-electron chi connectivity index (χ0n) is 51.3. The molecule has 6 N–H and O–H groups in total. The van der Waals surface area contributed by atoms with Gasteiger partial charge in [0.1, 0.15) is 11.9 Å². The van der Waals surface area contributed by atoms with Crippen LogP contribution in [-0.4, -0.2) is 143 Å². The fraction of sp³-hybridized carbons (Fsp3) is 0.552. The third-order valence-electron chi connectivity index (χ3n) is 20.7. The van der Waals surface area contributed by atoms with Crippen molar-refractivity contribution in [1.29, 1.82) is 0 Å². The number of amides is 4. The third kappa shape index (κ3) is 11.9. The summed E-state index contributed by atoms with van der Waals surface area (Å²) in [5.41, 5.74) is 20.9. The van der Waals surface area contributed by atoms with Crippen LogP contribution in [0.1, 0.15) is 180 Å². The Bertz CT molecular complexity index is 3620. The number of nitrogens with two attached hydrogens (primary N) is 2. The van der Waals surface area contributed by atoms with Crippen molar-refractivity contribution in [3.05, 3.63) is 100 Å². The number of carbonyl (C=O) groups is 5. The third-order valence-corrected chi connectivity index (χ3v) is 21.7. The number of pyridine rings is 1. The summed E-state index contributed by atoms with van der Waals surface area (Å²) in [6.07, 6.45) is 18.2. The minimum atomic E-state index is -1.12. The first kappa shape index (κ1) is 60.1. The number of carboxylic acid groups (broad SMARTS) is 1. The number of para-hydroxylation sites is 1. The highest BCUT2D eigenvalue weighted by molar-refractivity contribution is 7.22. The van der Waals surface area contributed by atoms with E-state index in [1.165, 1.54) is 23.3 Å². The van der Waals surface area contributed by atoms with Gasteiger partial charge in [0.05, 0.1) is 35.2 Å². The smallest absolute Gasteiger partial charge is 0.372 e. The number of nitrogens with zero attached hydrogens (tertiary/aromatic N) is 9. The van der Waals surface area contributed by atoms with E-state index in [1.807, 2.05) is 71.9 Å². The van der Waals surface area contributed by atoms with Gasteiger partial charge in [-0.2, -0.15) is 5.10 Å². The molecule has 0 spiro atoms. The summed E-state index contributed by atoms with van der Waals surface area (Å²) in [6, 6.07) is 17.0. The van der Waals surface area contributed by atoms with Crippen LogP contribution in [0.25, 0.3) is 21.3 Å². The van der Waals surface area contributed by atoms with Gasteiger partial charge in [0.25, 0.3) is 11.7 Å². The number of aliphatic imine (C=N–C) groups is 1. The predicted octanol–water partition coefficient (Wildman–Crippen LogP) is 9.94. The van der Waals surface area contributed by atoms with Crippen molar-refractivity contribution in [2.75, 3.05) is 46.4 Å². The van der Waals surface area contributed by atoms with E-state index in [2.05, 4.69) is 51.8 Å². The van der Waals surface area contributed by atoms with Crippen LogP contribution in [0, 0.1) is 23.2 Å². The van der Waals surface area contributed by atoms with Crippen molar-refractivity contribution < 1.29 is 38.4 Å². The lowest BCUT2D eigenvalue weighted by atomic mass is 9.60. The molecule has 19 nitrogen and oxygen atoms in total. The molecule has 3 aromatic heterocycles. The van der Waals surface area contributed by atoms with Gasteiger partial charge in [-0.05, 0) is 162 Å². The second-order valence-electron chi connectivity index (χ2n) is 27.1. The highest BCUT2D eigenvalue weighted by Crippen LogP contribution is 2.77. The van der Waals surface area contributed by atoms with E-state index >= 15 is 0 Å². The highest BCUT2D eigenvalue weighted by Gasteiger charge is 2.74. The van der Waals surface area contributed by atoms with E-state index in [0.29, 0.717) is 78.6 Å². The SMILES string of the molecule is CC(/C(N)=N/c1nc2ccccc2s1)=C1\CCC[N+](c2ccc(-c3cnn(CC45CC6(C)CC(C)(C4)C(OCCN(C)CCCCCCCCC(=O)N4CCC(c7ccc8c(c7)CN(C7CCC(=O)NC7=O)C8=O)CC4)(C6)C5)c3C)c(C(=O)O)n2)=C1N. The number of ether oxygens (including phenoxy) is 1. The van der Waals surface area contributed by atoms with Crippen LogP contribution in [0.2, 0.25) is 0 Å². The lowest BCUT2D eigenvalue weighted by Crippen LogP contribution is -2.52. The Labute approximate surface area is 513 Å². The van der Waals surface area contributed by atoms with Crippen LogP contribution in [-0.2, 0) is 32.2 Å². The molecular weight excluding hydrogens is 1120 g/mol. The number of unbranched alkanes of at least 4 members (excludes halogenated alkanes) is 5. The summed E-state index contributed by atoms with van der Waals surface area (Å²) in [6.45, 7) is 14.7. The van der Waals surface area contributed by atoms with Crippen LogP contribution >= 0.6 is 11.3 Å². The number of amidine groups is 2. The maximum absolute atomic E-state index is 13.2. The largest absolute Gasteiger partial charge is 0.475 e. The van der Waals surface area contributed by atoms with Crippen molar-refractivity contribution in [1.82, 2.24) is 39.8 Å². The summed E-state index contributed by atoms with van der Waals surface area (Å²) in [7, 11) is 2.21. The molecular formula is C67H85N12O7S+. The molecule has 5 unspecified atom stereocenters. The van der Waals surface area contributed by atoms with Crippen molar-refractivity contribution in [2.45, 2.75) is 174 Å². The first-order valence-electron chi connectivity index (χ1n) is 31.7. The van der Waals surface area contributed by atoms with Crippen LogP contribution in [0.5, 0.6) is 0 Å². The fourth-order valence-corrected chi connectivity index (χ4v) is 17.7. The molecule has 7 heterocycles. The van der Waals surface area contributed by atoms with Crippen molar-refractivity contribution in [3.63, 3.8) is 0 Å². The van der Waals surface area contributed by atoms with Gasteiger partial charge in [-0.15, -0.1) is 0 Å². The normalized spacial score (nSPS) is 26.3. The highest BCUT2D eigenvalue weighted by atomic mass is 32.1. The number of hydrogen-bond acceptors (Lipinski definition) is 13. The zero-order valence-corrected chi connectivity index (χ0v) is 52.1. The van der Waals surface area contributed by atoms with Gasteiger partial charge in [-0.25, -0.2) is 19.3 Å². The van der Waals surface area contributed by atoms with Gasteiger partial charge >= 0.3 is 5.97 Å². The molecule has 4 aliphatic carbocycles. The molecule has 4 saturated carbocycles. The number of piperidine rings is 2. The number of likely N-dealkylation sites (N-methyl/N-ethyl adjacent to an activating group) is 1. The van der Waals surface area contributed by atoms with Crippen molar-refractivity contribution in [3.8, 4) is 11.1 Å². The van der Waals surface area contributed by atoms with Crippen LogP contribution < -0.4 is 16.8 Å². The van der Waals surface area contributed by atoms with E-state index in [0.717, 1.165) is 154 Å². The Hall–Kier alpha value is -7.16. The molecule has 8 aliphatic rings. The maximum atomic E-state index is 13.2. The Morgan fingerprint density at radius 1 is 0.908 bits per heavy atom. The van der Waals surface area contributed by atoms with Gasteiger partial charge in [-0.3, -0.25) is 29.2 Å². The predicted molar refractivity (Wildman–Crippen MR) is 335 cm³/mol. The van der Waals surface area contributed by atoms with Gasteiger partial charge in [-0.1, -0.05) is 80.1 Å². The summed E-state index contributed by atoms with van der Waals surface area (Å²) in [5.74, 6) is -0.113. The Balaban J connectivity index is 0.580. The maximum Gasteiger partial charge on any atom is 0.372 e. The topological polar surface area (TPSA) is 248 Å². The molecule has 4 bridgehead atoms. The first-order valence-corrected chi connectivity index (χ1v) is 32.5. The minimum Gasteiger partial charge on any atom is -0.475 e. The standard InChI is InChI=1S/C67H84N12O7S/c1-42(58(68)74-63-71-51-16-11-12-17-53(51)87-63)47-15-14-28-77(59(47)69)54-23-21-49(57(72-54)62(84)85)50-34-70-79(43(50)2)41-66-37-64(3)36-65(4,39-66)67(38-64,40-66)86-32-31-75(5)27-13-9-7-6-8-10-18-56(81)76-29-25-44(26-30-76)45-19-20-48-46(33-45)35-78(61(48)83)52-22-24-55(80)73-60(52)82/h11-12,16-17,19-21,23,33-34,44,52,69H,6-10,13-15,18,22,24-32,35-41H2,1-5H3,(H4,68,71,73,74,80,82,84,85)/p+1/b47-42-. The van der Waals surface area contributed by atoms with E-state index in [1.54, 1.807) is 11.1 Å². The molecule has 0 radical (unpaired) electrons. The lowest BCUT2D eigenvalue weighted by molar-refractivity contribution is -0.449. The number of likely N-dealkylation sites (tertiary alicyclic amines) is 1. The van der Waals surface area contributed by atoms with Crippen LogP contribution in [0.15, 0.2) is 76.9 Å². The van der Waals surface area contributed by atoms with Gasteiger partial charge in [0.2, 0.25) is 34.4 Å². The molecule has 20 heteroatoms. The summed E-state index contributed by atoms with van der Waals surface area (Å²) >= 11 is 1.48. The van der Waals surface area contributed by atoms with Crippen molar-refractivity contribution >= 4 is 73.8 Å². The first-order chi connectivity index (χ1) is 41.7. The monoisotopic (exact) mass is 1200 g/mol. The number of thiazole rings is 1. The number of fused-ring (bicyclic) bond motifs is 2. The average Bonchev–Trinajstić information content (AvgIpc) is 1.51. The number of nitrogens with one attached hydrogen (secondary N) is 1. The molecule has 2 aromatic carbocycles. The van der Waals surface area contributed by atoms with Crippen LogP contribution in [0.3, 0.4) is 0 Å². The lowest BCUT2D eigenvalue weighted by Gasteiger charge is -2.46. The van der Waals surface area contributed by atoms with Gasteiger partial charge in [0, 0.05) is 85.2 Å². The molecule has 460 valence electrons. The number of benzene rings is 2. The molecule has 6 fully saturated rings. The molecule has 2 saturated heterocycles. The second-order valence-corrected chi connectivity index (χ2v) is 28.1. The summed E-state index contributed by atoms with van der Waals surface area (Å²) in [4.78, 5) is 83.7. The number of hydrogen-bond donors (Lipinski definition) is 4. The second kappa shape index (κ2) is 24.1. The Kier molecular flexibility index (Phi) is 16.6. The van der Waals surface area contributed by atoms with Gasteiger partial charge in [0.15, 0.2) is 0 Å². The summed E-state index contributed by atoms with van der Waals surface area (Å²) < 4.78 is 12.2. The quantitative estimate of drug-likeness (QED) is 0.0166. The minimum absolute atomic E-state index is 0.0131. The van der Waals surface area contributed by atoms with E-state index in [4.69, 9.17) is 26.3 Å². The number of carbonyl (C=O) groups excluding carboxylic acids is 4. The van der Waals surface area contributed by atoms with Crippen molar-refractivity contribution in [2.24, 2.45) is 32.7 Å². The van der Waals surface area contributed by atoms with Gasteiger partial charge < -0.3 is 36.0 Å². The number of imide groups is 1. The summed E-state index contributed by atoms with van der Waals surface area (Å²) in [5, 5.41) is 18.6. The molecule has 4 amide bonds. The molecule has 87 heavy (non-hydrogen) atoms. The average molecular weight is 1200 g/mol. The number of aromatic nitrogens is 4. The molecule has 5 aromatic rings. The van der Waals surface area contributed by atoms with E-state index in [-0.39, 0.29) is 51.7 Å². The van der Waals surface area contributed by atoms with E-state index in [9.17, 15) is 29.1 Å². The molecule has 4 aliphatic heterocycles. The molecule has 13 rings (SSSR count).